The molecule has 0 unspecified atom stereocenters. The van der Waals surface area contributed by atoms with Crippen LogP contribution in [0.25, 0.3) is 0 Å². The lowest BCUT2D eigenvalue weighted by atomic mass is 10.2. The summed E-state index contributed by atoms with van der Waals surface area (Å²) in [5.74, 6) is -0.179. The van der Waals surface area contributed by atoms with Gasteiger partial charge in [0.05, 0.1) is 10.6 Å². The smallest absolute Gasteiger partial charge is 0.261 e. The molecule has 0 fully saturated rings. The maximum Gasteiger partial charge on any atom is 0.261 e. The fourth-order valence-electron chi connectivity index (χ4n) is 2.56. The largest absolute Gasteiger partial charge is 0.341 e. The SMILES string of the molecule is CN(CCc1ccccn1)C(=O)c1ccc(S(=O)(=O)Nc2ccncc2)cc1. The maximum atomic E-state index is 12.6. The number of likely N-dealkylation sites (N-methyl/N-ethyl adjacent to an activating group) is 1. The zero-order chi connectivity index (χ0) is 20.0. The molecule has 7 nitrogen and oxygen atoms in total. The lowest BCUT2D eigenvalue weighted by Crippen LogP contribution is -2.29. The fourth-order valence-corrected chi connectivity index (χ4v) is 3.62. The summed E-state index contributed by atoms with van der Waals surface area (Å²) in [6.45, 7) is 0.513. The van der Waals surface area contributed by atoms with Crippen molar-refractivity contribution in [2.75, 3.05) is 18.3 Å². The quantitative estimate of drug-likeness (QED) is 0.663. The maximum absolute atomic E-state index is 12.6. The summed E-state index contributed by atoms with van der Waals surface area (Å²) in [5, 5.41) is 0. The Bertz CT molecular complexity index is 1020. The molecule has 2 heterocycles. The molecule has 28 heavy (non-hydrogen) atoms. The summed E-state index contributed by atoms with van der Waals surface area (Å²) in [6, 6.07) is 14.7. The van der Waals surface area contributed by atoms with Crippen LogP contribution < -0.4 is 4.72 Å². The van der Waals surface area contributed by atoms with Crippen LogP contribution in [-0.2, 0) is 16.4 Å². The first-order valence-corrected chi connectivity index (χ1v) is 10.1. The van der Waals surface area contributed by atoms with Crippen molar-refractivity contribution in [1.29, 1.82) is 0 Å². The number of anilines is 1. The Morgan fingerprint density at radius 2 is 1.71 bits per heavy atom. The van der Waals surface area contributed by atoms with Gasteiger partial charge in [-0.05, 0) is 48.5 Å². The average molecular weight is 396 g/mol. The summed E-state index contributed by atoms with van der Waals surface area (Å²) in [5.41, 5.74) is 1.75. The zero-order valence-corrected chi connectivity index (χ0v) is 16.1. The molecule has 0 atom stereocenters. The van der Waals surface area contributed by atoms with Crippen LogP contribution in [0, 0.1) is 0 Å². The van der Waals surface area contributed by atoms with Gasteiger partial charge in [-0.3, -0.25) is 19.5 Å². The predicted octanol–water partition coefficient (Wildman–Crippen LogP) is 2.59. The molecule has 0 bridgehead atoms. The van der Waals surface area contributed by atoms with Gasteiger partial charge in [-0.15, -0.1) is 0 Å². The second-order valence-corrected chi connectivity index (χ2v) is 7.85. The number of carbonyl (C=O) groups is 1. The van der Waals surface area contributed by atoms with E-state index in [2.05, 4.69) is 14.7 Å². The summed E-state index contributed by atoms with van der Waals surface area (Å²) < 4.78 is 27.4. The Kier molecular flexibility index (Phi) is 6.00. The van der Waals surface area contributed by atoms with Gasteiger partial charge in [0.15, 0.2) is 0 Å². The Labute approximate surface area is 164 Å². The Morgan fingerprint density at radius 1 is 1.00 bits per heavy atom. The van der Waals surface area contributed by atoms with Gasteiger partial charge in [-0.2, -0.15) is 0 Å². The number of amides is 1. The van der Waals surface area contributed by atoms with E-state index in [9.17, 15) is 13.2 Å². The van der Waals surface area contributed by atoms with Gasteiger partial charge >= 0.3 is 0 Å². The van der Waals surface area contributed by atoms with Gasteiger partial charge in [-0.25, -0.2) is 8.42 Å². The van der Waals surface area contributed by atoms with E-state index in [1.54, 1.807) is 30.3 Å². The minimum absolute atomic E-state index is 0.0806. The molecule has 1 amide bonds. The van der Waals surface area contributed by atoms with E-state index in [0.717, 1.165) is 5.69 Å². The molecular weight excluding hydrogens is 376 g/mol. The highest BCUT2D eigenvalue weighted by molar-refractivity contribution is 7.92. The van der Waals surface area contributed by atoms with Crippen LogP contribution in [0.1, 0.15) is 16.1 Å². The number of hydrogen-bond acceptors (Lipinski definition) is 5. The van der Waals surface area contributed by atoms with Crippen LogP contribution in [-0.4, -0.2) is 42.8 Å². The number of nitrogens with zero attached hydrogens (tertiary/aromatic N) is 3. The standard InChI is InChI=1S/C20H20N4O3S/c1-24(15-11-17-4-2-3-12-22-17)20(25)16-5-7-19(8-6-16)28(26,27)23-18-9-13-21-14-10-18/h2-10,12-14H,11,15H2,1H3,(H,21,23). The predicted molar refractivity (Wildman–Crippen MR) is 106 cm³/mol. The van der Waals surface area contributed by atoms with Crippen molar-refractivity contribution in [3.63, 3.8) is 0 Å². The molecule has 0 spiro atoms. The average Bonchev–Trinajstić information content (AvgIpc) is 2.73. The number of pyridine rings is 2. The molecule has 3 aromatic rings. The minimum Gasteiger partial charge on any atom is -0.341 e. The molecule has 144 valence electrons. The monoisotopic (exact) mass is 396 g/mol. The minimum atomic E-state index is -3.73. The summed E-state index contributed by atoms with van der Waals surface area (Å²) >= 11 is 0. The molecule has 0 aliphatic rings. The number of aromatic nitrogens is 2. The topological polar surface area (TPSA) is 92.3 Å². The van der Waals surface area contributed by atoms with Gasteiger partial charge in [0.25, 0.3) is 15.9 Å². The van der Waals surface area contributed by atoms with E-state index >= 15 is 0 Å². The van der Waals surface area contributed by atoms with Gasteiger partial charge in [0, 0.05) is 49.9 Å². The highest BCUT2D eigenvalue weighted by atomic mass is 32.2. The number of carbonyl (C=O) groups excluding carboxylic acids is 1. The second kappa shape index (κ2) is 8.62. The van der Waals surface area contributed by atoms with Gasteiger partial charge in [0.2, 0.25) is 0 Å². The van der Waals surface area contributed by atoms with Crippen molar-refractivity contribution in [3.8, 4) is 0 Å². The molecule has 8 heteroatoms. The lowest BCUT2D eigenvalue weighted by molar-refractivity contribution is 0.0796. The van der Waals surface area contributed by atoms with Crippen LogP contribution in [0.4, 0.5) is 5.69 Å². The lowest BCUT2D eigenvalue weighted by Gasteiger charge is -2.17. The molecule has 1 N–H and O–H groups in total. The third-order valence-electron chi connectivity index (χ3n) is 4.12. The molecule has 1 aromatic carbocycles. The summed E-state index contributed by atoms with van der Waals surface area (Å²) in [4.78, 5) is 22.3. The molecule has 3 rings (SSSR count). The van der Waals surface area contributed by atoms with Crippen LogP contribution in [0.15, 0.2) is 78.1 Å². The van der Waals surface area contributed by atoms with Crippen LogP contribution in [0.5, 0.6) is 0 Å². The number of nitrogens with one attached hydrogen (secondary N) is 1. The van der Waals surface area contributed by atoms with Crippen molar-refractivity contribution in [2.45, 2.75) is 11.3 Å². The first-order chi connectivity index (χ1) is 13.5. The van der Waals surface area contributed by atoms with Gasteiger partial charge < -0.3 is 4.90 Å². The number of rotatable bonds is 7. The van der Waals surface area contributed by atoms with E-state index in [4.69, 9.17) is 0 Å². The Morgan fingerprint density at radius 3 is 2.36 bits per heavy atom. The fraction of sp³-hybridized carbons (Fsp3) is 0.150. The highest BCUT2D eigenvalue weighted by Gasteiger charge is 2.17. The van der Waals surface area contributed by atoms with Crippen LogP contribution >= 0.6 is 0 Å². The first-order valence-electron chi connectivity index (χ1n) is 8.64. The van der Waals surface area contributed by atoms with Crippen molar-refractivity contribution in [1.82, 2.24) is 14.9 Å². The number of hydrogen-bond donors (Lipinski definition) is 1. The van der Waals surface area contributed by atoms with Gasteiger partial charge in [-0.1, -0.05) is 6.07 Å². The summed E-state index contributed by atoms with van der Waals surface area (Å²) in [7, 11) is -2.02. The summed E-state index contributed by atoms with van der Waals surface area (Å²) in [6.07, 6.45) is 5.36. The molecule has 2 aromatic heterocycles. The molecule has 0 aliphatic carbocycles. The molecule has 0 saturated carbocycles. The van der Waals surface area contributed by atoms with Crippen molar-refractivity contribution >= 4 is 21.6 Å². The molecule has 0 saturated heterocycles. The zero-order valence-electron chi connectivity index (χ0n) is 15.3. The van der Waals surface area contributed by atoms with Crippen LogP contribution in [0.3, 0.4) is 0 Å². The van der Waals surface area contributed by atoms with Crippen molar-refractivity contribution in [3.05, 3.63) is 84.4 Å². The normalized spacial score (nSPS) is 11.0. The molecule has 0 aliphatic heterocycles. The van der Waals surface area contributed by atoms with E-state index in [1.807, 2.05) is 18.2 Å². The number of benzene rings is 1. The van der Waals surface area contributed by atoms with E-state index in [1.165, 1.54) is 36.7 Å². The number of sulfonamides is 1. The second-order valence-electron chi connectivity index (χ2n) is 6.16. The Hall–Kier alpha value is -3.26. The Balaban J connectivity index is 1.65. The first kappa shape index (κ1) is 19.5. The third kappa shape index (κ3) is 4.92. The van der Waals surface area contributed by atoms with Crippen molar-refractivity contribution < 1.29 is 13.2 Å². The molecular formula is C20H20N4O3S. The third-order valence-corrected chi connectivity index (χ3v) is 5.52. The highest BCUT2D eigenvalue weighted by Crippen LogP contribution is 2.16. The van der Waals surface area contributed by atoms with E-state index in [-0.39, 0.29) is 10.8 Å². The van der Waals surface area contributed by atoms with Crippen molar-refractivity contribution in [2.24, 2.45) is 0 Å². The van der Waals surface area contributed by atoms with E-state index in [0.29, 0.717) is 24.2 Å². The molecule has 0 radical (unpaired) electrons. The van der Waals surface area contributed by atoms with Gasteiger partial charge in [0.1, 0.15) is 0 Å². The van der Waals surface area contributed by atoms with E-state index < -0.39 is 10.0 Å². The van der Waals surface area contributed by atoms with Crippen LogP contribution in [0.2, 0.25) is 0 Å².